The molecule has 74 valence electrons. The van der Waals surface area contributed by atoms with Crippen molar-refractivity contribution in [1.29, 1.82) is 0 Å². The van der Waals surface area contributed by atoms with Gasteiger partial charge in [-0.3, -0.25) is 9.59 Å². The number of ketones is 2. The zero-order valence-corrected chi connectivity index (χ0v) is 8.43. The quantitative estimate of drug-likeness (QED) is 0.635. The summed E-state index contributed by atoms with van der Waals surface area (Å²) in [6.45, 7) is 5.63. The number of rotatable bonds is 1. The number of carbonyl (C=O) groups is 2. The van der Waals surface area contributed by atoms with Crippen LogP contribution >= 0.6 is 0 Å². The average molecular weight is 190 g/mol. The van der Waals surface area contributed by atoms with Gasteiger partial charge in [0.2, 0.25) is 0 Å². The molecule has 0 unspecified atom stereocenters. The van der Waals surface area contributed by atoms with Crippen LogP contribution in [0.15, 0.2) is 23.8 Å². The van der Waals surface area contributed by atoms with Crippen LogP contribution in [-0.4, -0.2) is 11.6 Å². The van der Waals surface area contributed by atoms with Crippen molar-refractivity contribution in [2.75, 3.05) is 0 Å². The van der Waals surface area contributed by atoms with Crippen LogP contribution in [0.1, 0.15) is 32.6 Å². The fourth-order valence-corrected chi connectivity index (χ4v) is 2.58. The molecule has 0 spiro atoms. The average Bonchev–Trinajstić information content (AvgIpc) is 2.45. The number of hydrogen-bond donors (Lipinski definition) is 0. The minimum absolute atomic E-state index is 0.155. The molecule has 1 atom stereocenters. The molecule has 0 amide bonds. The van der Waals surface area contributed by atoms with Gasteiger partial charge in [0.15, 0.2) is 5.78 Å². The van der Waals surface area contributed by atoms with Crippen LogP contribution in [0.5, 0.6) is 0 Å². The van der Waals surface area contributed by atoms with Gasteiger partial charge in [-0.1, -0.05) is 12.7 Å². The van der Waals surface area contributed by atoms with E-state index >= 15 is 0 Å². The summed E-state index contributed by atoms with van der Waals surface area (Å²) in [4.78, 5) is 23.3. The fourth-order valence-electron chi connectivity index (χ4n) is 2.58. The van der Waals surface area contributed by atoms with Crippen LogP contribution in [0, 0.1) is 5.41 Å². The third-order valence-corrected chi connectivity index (χ3v) is 3.57. The van der Waals surface area contributed by atoms with Gasteiger partial charge >= 0.3 is 0 Å². The molecule has 2 rings (SSSR count). The van der Waals surface area contributed by atoms with E-state index in [9.17, 15) is 9.59 Å². The van der Waals surface area contributed by atoms with Crippen LogP contribution in [0.3, 0.4) is 0 Å². The Balaban J connectivity index is 2.58. The van der Waals surface area contributed by atoms with Crippen molar-refractivity contribution in [3.63, 3.8) is 0 Å². The van der Waals surface area contributed by atoms with Crippen LogP contribution < -0.4 is 0 Å². The van der Waals surface area contributed by atoms with Crippen LogP contribution in [0.25, 0.3) is 0 Å². The van der Waals surface area contributed by atoms with Gasteiger partial charge < -0.3 is 0 Å². The number of hydrogen-bond acceptors (Lipinski definition) is 2. The number of fused-ring (bicyclic) bond motifs is 1. The van der Waals surface area contributed by atoms with Gasteiger partial charge in [-0.05, 0) is 25.3 Å². The summed E-state index contributed by atoms with van der Waals surface area (Å²) >= 11 is 0. The van der Waals surface area contributed by atoms with E-state index in [2.05, 4.69) is 6.58 Å². The smallest absolute Gasteiger partial charge is 0.162 e. The Hall–Kier alpha value is -1.18. The summed E-state index contributed by atoms with van der Waals surface area (Å²) in [6.07, 6.45) is 4.15. The molecule has 2 heteroatoms. The summed E-state index contributed by atoms with van der Waals surface area (Å²) in [5.74, 6) is 0.446. The predicted octanol–water partition coefficient (Wildman–Crippen LogP) is 2.20. The molecule has 0 N–H and O–H groups in total. The molecule has 0 aromatic heterocycles. The largest absolute Gasteiger partial charge is 0.299 e. The van der Waals surface area contributed by atoms with Crippen molar-refractivity contribution in [3.05, 3.63) is 23.8 Å². The van der Waals surface area contributed by atoms with E-state index in [4.69, 9.17) is 0 Å². The SMILES string of the molecule is C=CC1=C2CCC(=O)[C@@]2(C)CCC1=O. The Morgan fingerprint density at radius 2 is 2.00 bits per heavy atom. The van der Waals surface area contributed by atoms with Gasteiger partial charge in [0, 0.05) is 23.8 Å². The van der Waals surface area contributed by atoms with Crippen molar-refractivity contribution >= 4 is 11.6 Å². The highest BCUT2D eigenvalue weighted by atomic mass is 16.1. The Morgan fingerprint density at radius 1 is 1.29 bits per heavy atom. The van der Waals surface area contributed by atoms with E-state index < -0.39 is 0 Å². The van der Waals surface area contributed by atoms with E-state index in [0.717, 1.165) is 12.0 Å². The lowest BCUT2D eigenvalue weighted by atomic mass is 9.72. The number of carbonyl (C=O) groups excluding carboxylic acids is 2. The molecule has 1 saturated carbocycles. The summed E-state index contributed by atoms with van der Waals surface area (Å²) < 4.78 is 0. The first kappa shape index (κ1) is 9.38. The van der Waals surface area contributed by atoms with E-state index in [0.29, 0.717) is 30.6 Å². The second-order valence-electron chi connectivity index (χ2n) is 4.27. The molecule has 1 fully saturated rings. The maximum absolute atomic E-state index is 11.7. The molecule has 2 nitrogen and oxygen atoms in total. The monoisotopic (exact) mass is 190 g/mol. The molecule has 0 saturated heterocycles. The maximum atomic E-state index is 11.7. The minimum atomic E-state index is -0.350. The molecule has 2 aliphatic rings. The molecule has 2 aliphatic carbocycles. The van der Waals surface area contributed by atoms with Crippen LogP contribution in [0.2, 0.25) is 0 Å². The highest BCUT2D eigenvalue weighted by Gasteiger charge is 2.46. The third kappa shape index (κ3) is 1.03. The molecular formula is C12H14O2. The van der Waals surface area contributed by atoms with Gasteiger partial charge in [-0.15, -0.1) is 0 Å². The highest BCUT2D eigenvalue weighted by molar-refractivity contribution is 6.04. The first-order chi connectivity index (χ1) is 6.59. The Labute approximate surface area is 83.7 Å². The zero-order valence-electron chi connectivity index (χ0n) is 8.43. The summed E-state index contributed by atoms with van der Waals surface area (Å²) in [7, 11) is 0. The van der Waals surface area contributed by atoms with Crippen molar-refractivity contribution < 1.29 is 9.59 Å². The van der Waals surface area contributed by atoms with Crippen molar-refractivity contribution in [1.82, 2.24) is 0 Å². The minimum Gasteiger partial charge on any atom is -0.299 e. The third-order valence-electron chi connectivity index (χ3n) is 3.57. The number of allylic oxidation sites excluding steroid dienone is 3. The maximum Gasteiger partial charge on any atom is 0.162 e. The Bertz CT molecular complexity index is 363. The lowest BCUT2D eigenvalue weighted by molar-refractivity contribution is -0.125. The Kier molecular flexibility index (Phi) is 1.95. The molecule has 0 aromatic rings. The normalized spacial score (nSPS) is 32.1. The summed E-state index contributed by atoms with van der Waals surface area (Å²) in [5, 5.41) is 0. The first-order valence-corrected chi connectivity index (χ1v) is 5.02. The van der Waals surface area contributed by atoms with E-state index in [1.807, 2.05) is 6.92 Å². The molecule has 0 aromatic carbocycles. The number of Topliss-reactive ketones (excluding diaryl/α,β-unsaturated/α-hetero) is 2. The van der Waals surface area contributed by atoms with E-state index in [-0.39, 0.29) is 11.2 Å². The molecule has 14 heavy (non-hydrogen) atoms. The molecule has 0 heterocycles. The lowest BCUT2D eigenvalue weighted by Crippen LogP contribution is -2.30. The Morgan fingerprint density at radius 3 is 2.64 bits per heavy atom. The first-order valence-electron chi connectivity index (χ1n) is 5.02. The zero-order chi connectivity index (χ0) is 10.3. The summed E-state index contributed by atoms with van der Waals surface area (Å²) in [5.41, 5.74) is 1.40. The van der Waals surface area contributed by atoms with E-state index in [1.54, 1.807) is 6.08 Å². The van der Waals surface area contributed by atoms with Crippen LogP contribution in [-0.2, 0) is 9.59 Å². The molecule has 0 aliphatic heterocycles. The highest BCUT2D eigenvalue weighted by Crippen LogP contribution is 2.48. The van der Waals surface area contributed by atoms with Gasteiger partial charge in [0.1, 0.15) is 5.78 Å². The van der Waals surface area contributed by atoms with Gasteiger partial charge in [0.25, 0.3) is 0 Å². The summed E-state index contributed by atoms with van der Waals surface area (Å²) in [6, 6.07) is 0. The molecular weight excluding hydrogens is 176 g/mol. The molecule has 0 bridgehead atoms. The standard InChI is InChI=1S/C12H14O2/c1-3-8-9-4-5-11(14)12(9,2)7-6-10(8)13/h3H,1,4-7H2,2H3/t12-/m0/s1. The van der Waals surface area contributed by atoms with Crippen molar-refractivity contribution in [2.45, 2.75) is 32.6 Å². The second-order valence-corrected chi connectivity index (χ2v) is 4.27. The van der Waals surface area contributed by atoms with E-state index in [1.165, 1.54) is 0 Å². The lowest BCUT2D eigenvalue weighted by Gasteiger charge is -2.29. The second kappa shape index (κ2) is 2.91. The molecule has 0 radical (unpaired) electrons. The van der Waals surface area contributed by atoms with Crippen molar-refractivity contribution in [2.24, 2.45) is 5.41 Å². The van der Waals surface area contributed by atoms with Crippen LogP contribution in [0.4, 0.5) is 0 Å². The predicted molar refractivity (Wildman–Crippen MR) is 53.8 cm³/mol. The topological polar surface area (TPSA) is 34.1 Å². The van der Waals surface area contributed by atoms with Gasteiger partial charge in [-0.2, -0.15) is 0 Å². The fraction of sp³-hybridized carbons (Fsp3) is 0.500. The van der Waals surface area contributed by atoms with Gasteiger partial charge in [-0.25, -0.2) is 0 Å². The van der Waals surface area contributed by atoms with Crippen molar-refractivity contribution in [3.8, 4) is 0 Å². The van der Waals surface area contributed by atoms with Gasteiger partial charge in [0.05, 0.1) is 0 Å².